The van der Waals surface area contributed by atoms with E-state index in [4.69, 9.17) is 4.74 Å². The Morgan fingerprint density at radius 2 is 1.50 bits per heavy atom. The van der Waals surface area contributed by atoms with E-state index < -0.39 is 53.2 Å². The molecule has 3 rings (SSSR count). The van der Waals surface area contributed by atoms with Gasteiger partial charge in [0.15, 0.2) is 11.6 Å². The lowest BCUT2D eigenvalue weighted by Crippen LogP contribution is -2.53. The molecular weight excluding hydrogens is 524 g/mol. The van der Waals surface area contributed by atoms with Crippen molar-refractivity contribution in [3.63, 3.8) is 0 Å². The Kier molecular flexibility index (Phi) is 8.53. The van der Waals surface area contributed by atoms with Crippen molar-refractivity contribution in [2.24, 2.45) is 0 Å². The summed E-state index contributed by atoms with van der Waals surface area (Å²) < 4.78 is 114. The molecule has 4 nitrogen and oxygen atoms in total. The predicted molar refractivity (Wildman–Crippen MR) is 122 cm³/mol. The molecule has 0 saturated heterocycles. The molecule has 3 aromatic rings. The van der Waals surface area contributed by atoms with Crippen LogP contribution in [0.1, 0.15) is 29.2 Å². The second kappa shape index (κ2) is 11.3. The Labute approximate surface area is 212 Å². The zero-order valence-corrected chi connectivity index (χ0v) is 19.8. The number of amides is 2. The molecule has 0 saturated carbocycles. The lowest BCUT2D eigenvalue weighted by Gasteiger charge is -2.37. The van der Waals surface area contributed by atoms with E-state index in [2.05, 4.69) is 5.32 Å². The van der Waals surface area contributed by atoms with E-state index in [1.165, 1.54) is 0 Å². The average molecular weight is 546 g/mol. The van der Waals surface area contributed by atoms with Crippen LogP contribution in [0.2, 0.25) is 0 Å². The molecule has 2 amide bonds. The van der Waals surface area contributed by atoms with Gasteiger partial charge in [0, 0.05) is 6.42 Å². The van der Waals surface area contributed by atoms with Gasteiger partial charge in [-0.2, -0.15) is 26.3 Å². The zero-order valence-electron chi connectivity index (χ0n) is 19.8. The monoisotopic (exact) mass is 546 g/mol. The van der Waals surface area contributed by atoms with Gasteiger partial charge in [-0.05, 0) is 53.9 Å². The van der Waals surface area contributed by atoms with Crippen LogP contribution in [0.3, 0.4) is 0 Å². The maximum absolute atomic E-state index is 14.6. The number of halogens is 8. The Hall–Kier alpha value is -3.83. The predicted octanol–water partition coefficient (Wildman–Crippen LogP) is 6.73. The van der Waals surface area contributed by atoms with Crippen LogP contribution < -0.4 is 15.4 Å². The van der Waals surface area contributed by atoms with Crippen LogP contribution in [-0.2, 0) is 18.1 Å². The van der Waals surface area contributed by atoms with Gasteiger partial charge < -0.3 is 15.4 Å². The number of carbonyl (C=O) groups is 1. The number of urea groups is 1. The van der Waals surface area contributed by atoms with Crippen LogP contribution in [0.15, 0.2) is 66.7 Å². The first-order valence-corrected chi connectivity index (χ1v) is 11.2. The summed E-state index contributed by atoms with van der Waals surface area (Å²) in [5.41, 5.74) is -3.58. The number of alkyl halides is 6. The zero-order chi connectivity index (χ0) is 28.1. The number of hydrogen-bond acceptors (Lipinski definition) is 2. The fourth-order valence-corrected chi connectivity index (χ4v) is 3.91. The summed E-state index contributed by atoms with van der Waals surface area (Å²) in [6, 6.07) is 11.2. The first-order valence-electron chi connectivity index (χ1n) is 11.2. The quantitative estimate of drug-likeness (QED) is 0.308. The summed E-state index contributed by atoms with van der Waals surface area (Å²) >= 11 is 0. The van der Waals surface area contributed by atoms with Gasteiger partial charge >= 0.3 is 18.4 Å². The maximum Gasteiger partial charge on any atom is 0.416 e. The van der Waals surface area contributed by atoms with Crippen molar-refractivity contribution in [2.45, 2.75) is 31.2 Å². The van der Waals surface area contributed by atoms with Gasteiger partial charge in [-0.15, -0.1) is 0 Å². The number of nitrogens with one attached hydrogen (secondary N) is 2. The highest BCUT2D eigenvalue weighted by atomic mass is 19.4. The Bertz CT molecular complexity index is 1260. The van der Waals surface area contributed by atoms with Gasteiger partial charge in [0.1, 0.15) is 12.4 Å². The van der Waals surface area contributed by atoms with E-state index in [9.17, 15) is 39.9 Å². The van der Waals surface area contributed by atoms with E-state index >= 15 is 0 Å². The smallest absolute Gasteiger partial charge is 0.416 e. The molecule has 38 heavy (non-hydrogen) atoms. The third kappa shape index (κ3) is 7.14. The number of benzene rings is 3. The van der Waals surface area contributed by atoms with Crippen LogP contribution in [0.25, 0.3) is 0 Å². The second-order valence-electron chi connectivity index (χ2n) is 8.30. The SMILES string of the molecule is CCOc1cc(C(Cc2ccccc2)(NC(=O)NCC(F)(F)F)c2cc(F)cc(C(F)(F)F)c2)ccc1F. The van der Waals surface area contributed by atoms with Crippen LogP contribution in [0.5, 0.6) is 5.75 Å². The largest absolute Gasteiger partial charge is 0.491 e. The molecular formula is C26H22F8N2O2. The molecule has 3 aromatic carbocycles. The van der Waals surface area contributed by atoms with Crippen molar-refractivity contribution in [1.82, 2.24) is 10.6 Å². The number of carbonyl (C=O) groups excluding carboxylic acids is 1. The summed E-state index contributed by atoms with van der Waals surface area (Å²) in [5, 5.41) is 3.93. The van der Waals surface area contributed by atoms with Gasteiger partial charge in [0.05, 0.1) is 17.7 Å². The summed E-state index contributed by atoms with van der Waals surface area (Å²) in [7, 11) is 0. The minimum Gasteiger partial charge on any atom is -0.491 e. The van der Waals surface area contributed by atoms with Gasteiger partial charge in [-0.25, -0.2) is 13.6 Å². The third-order valence-corrected chi connectivity index (χ3v) is 5.53. The van der Waals surface area contributed by atoms with Gasteiger partial charge in [-0.3, -0.25) is 0 Å². The fourth-order valence-electron chi connectivity index (χ4n) is 3.91. The molecule has 0 aliphatic carbocycles. The topological polar surface area (TPSA) is 50.4 Å². The third-order valence-electron chi connectivity index (χ3n) is 5.53. The second-order valence-corrected chi connectivity index (χ2v) is 8.30. The Morgan fingerprint density at radius 3 is 2.11 bits per heavy atom. The maximum atomic E-state index is 14.6. The summed E-state index contributed by atoms with van der Waals surface area (Å²) in [4.78, 5) is 12.7. The first kappa shape index (κ1) is 28.7. The molecule has 0 bridgehead atoms. The van der Waals surface area contributed by atoms with Gasteiger partial charge in [0.25, 0.3) is 0 Å². The van der Waals surface area contributed by atoms with Crippen molar-refractivity contribution >= 4 is 6.03 Å². The standard InChI is InChI=1S/C26H22F8N2O2/c1-2-38-22-13-17(8-9-21(22)28)24(14-16-6-4-3-5-7-16,36-23(37)35-15-25(29,30)31)18-10-19(26(32,33)34)12-20(27)11-18/h3-13H,2,14-15H2,1H3,(H2,35,36,37). The summed E-state index contributed by atoms with van der Waals surface area (Å²) in [6.07, 6.45) is -10.1. The Morgan fingerprint density at radius 1 is 0.842 bits per heavy atom. The molecule has 0 aromatic heterocycles. The van der Waals surface area contributed by atoms with E-state index in [1.54, 1.807) is 42.6 Å². The normalized spacial score (nSPS) is 13.5. The molecule has 0 heterocycles. The molecule has 1 unspecified atom stereocenters. The number of ether oxygens (including phenoxy) is 1. The van der Waals surface area contributed by atoms with E-state index in [1.807, 2.05) is 0 Å². The highest BCUT2D eigenvalue weighted by Crippen LogP contribution is 2.39. The lowest BCUT2D eigenvalue weighted by atomic mass is 9.77. The van der Waals surface area contributed by atoms with E-state index in [-0.39, 0.29) is 30.4 Å². The van der Waals surface area contributed by atoms with Crippen molar-refractivity contribution in [2.75, 3.05) is 13.2 Å². The summed E-state index contributed by atoms with van der Waals surface area (Å²) in [6.45, 7) is -0.192. The molecule has 2 N–H and O–H groups in total. The molecule has 204 valence electrons. The molecule has 0 spiro atoms. The minimum atomic E-state index is -4.99. The van der Waals surface area contributed by atoms with Crippen LogP contribution >= 0.6 is 0 Å². The molecule has 1 atom stereocenters. The minimum absolute atomic E-state index is 0.00371. The van der Waals surface area contributed by atoms with Crippen molar-refractivity contribution in [1.29, 1.82) is 0 Å². The van der Waals surface area contributed by atoms with Crippen LogP contribution in [0.4, 0.5) is 39.9 Å². The number of rotatable bonds is 8. The Balaban J connectivity index is 2.31. The number of hydrogen-bond donors (Lipinski definition) is 2. The van der Waals surface area contributed by atoms with Gasteiger partial charge in [-0.1, -0.05) is 36.4 Å². The van der Waals surface area contributed by atoms with Crippen LogP contribution in [-0.4, -0.2) is 25.4 Å². The highest BCUT2D eigenvalue weighted by Gasteiger charge is 2.41. The average Bonchev–Trinajstić information content (AvgIpc) is 2.83. The van der Waals surface area contributed by atoms with Crippen molar-refractivity contribution < 1.29 is 44.7 Å². The first-order chi connectivity index (χ1) is 17.7. The van der Waals surface area contributed by atoms with Gasteiger partial charge in [0.2, 0.25) is 0 Å². The molecule has 0 aliphatic heterocycles. The summed E-state index contributed by atoms with van der Waals surface area (Å²) in [5.74, 6) is -2.47. The molecule has 0 aliphatic rings. The fraction of sp³-hybridized carbons (Fsp3) is 0.269. The highest BCUT2D eigenvalue weighted by molar-refractivity contribution is 5.76. The lowest BCUT2D eigenvalue weighted by molar-refractivity contribution is -0.137. The van der Waals surface area contributed by atoms with E-state index in [0.29, 0.717) is 11.6 Å². The van der Waals surface area contributed by atoms with Crippen molar-refractivity contribution in [3.05, 3.63) is 101 Å². The van der Waals surface area contributed by atoms with Crippen LogP contribution in [0, 0.1) is 11.6 Å². The molecule has 0 fully saturated rings. The molecule has 0 radical (unpaired) electrons. The molecule has 12 heteroatoms. The van der Waals surface area contributed by atoms with E-state index in [0.717, 1.165) is 24.3 Å². The van der Waals surface area contributed by atoms with Crippen molar-refractivity contribution in [3.8, 4) is 5.75 Å².